The molecule has 10 heteroatoms. The lowest BCUT2D eigenvalue weighted by Crippen LogP contribution is -2.54. The van der Waals surface area contributed by atoms with Gasteiger partial charge in [0, 0.05) is 50.7 Å². The number of morpholine rings is 1. The van der Waals surface area contributed by atoms with Crippen molar-refractivity contribution in [3.05, 3.63) is 52.2 Å². The van der Waals surface area contributed by atoms with E-state index in [2.05, 4.69) is 21.7 Å². The van der Waals surface area contributed by atoms with Crippen molar-refractivity contribution in [2.75, 3.05) is 59.0 Å². The van der Waals surface area contributed by atoms with Crippen LogP contribution in [0.25, 0.3) is 0 Å². The van der Waals surface area contributed by atoms with Gasteiger partial charge < -0.3 is 15.0 Å². The average molecular weight is 479 g/mol. The van der Waals surface area contributed by atoms with E-state index < -0.39 is 10.0 Å². The van der Waals surface area contributed by atoms with Crippen LogP contribution in [0.5, 0.6) is 0 Å². The van der Waals surface area contributed by atoms with Crippen molar-refractivity contribution >= 4 is 27.4 Å². The minimum atomic E-state index is -3.54. The van der Waals surface area contributed by atoms with Crippen LogP contribution in [-0.4, -0.2) is 87.6 Å². The highest BCUT2D eigenvalue weighted by molar-refractivity contribution is 7.89. The number of hydrogen-bond acceptors (Lipinski definition) is 6. The van der Waals surface area contributed by atoms with Crippen molar-refractivity contribution in [1.29, 1.82) is 0 Å². The first-order valence-electron chi connectivity index (χ1n) is 10.9. The molecule has 1 aromatic carbocycles. The standard InChI is InChI=1S/C22H30N4O4S2/c1-18-4-6-19(7-5-18)32(28,29)26-10-8-25(9-11-26)22(27)23-17-20(21-3-2-16-31-21)24-12-14-30-15-13-24/h2-7,16,20H,8-15,17H2,1H3,(H,23,27)/t20-/m0/s1. The van der Waals surface area contributed by atoms with Gasteiger partial charge in [0.25, 0.3) is 0 Å². The maximum atomic E-state index is 12.9. The van der Waals surface area contributed by atoms with Gasteiger partial charge in [-0.05, 0) is 30.5 Å². The van der Waals surface area contributed by atoms with Crippen molar-refractivity contribution < 1.29 is 17.9 Å². The molecule has 3 heterocycles. The summed E-state index contributed by atoms with van der Waals surface area (Å²) in [6.07, 6.45) is 0. The molecule has 2 aliphatic heterocycles. The third-order valence-corrected chi connectivity index (χ3v) is 8.88. The van der Waals surface area contributed by atoms with Crippen LogP contribution >= 0.6 is 11.3 Å². The summed E-state index contributed by atoms with van der Waals surface area (Å²) in [4.78, 5) is 18.4. The molecule has 2 fully saturated rings. The summed E-state index contributed by atoms with van der Waals surface area (Å²) in [5, 5.41) is 5.13. The molecule has 0 saturated carbocycles. The molecule has 8 nitrogen and oxygen atoms in total. The number of aryl methyl sites for hydroxylation is 1. The lowest BCUT2D eigenvalue weighted by atomic mass is 10.2. The van der Waals surface area contributed by atoms with Crippen LogP contribution in [-0.2, 0) is 14.8 Å². The first kappa shape index (κ1) is 23.2. The van der Waals surface area contributed by atoms with Gasteiger partial charge in [-0.25, -0.2) is 13.2 Å². The SMILES string of the molecule is Cc1ccc(S(=O)(=O)N2CCN(C(=O)NC[C@@H](c3cccs3)N3CCOCC3)CC2)cc1. The van der Waals surface area contributed by atoms with E-state index >= 15 is 0 Å². The Morgan fingerprint density at radius 3 is 2.38 bits per heavy atom. The van der Waals surface area contributed by atoms with Gasteiger partial charge in [-0.3, -0.25) is 4.90 Å². The van der Waals surface area contributed by atoms with Gasteiger partial charge in [-0.15, -0.1) is 11.3 Å². The Morgan fingerprint density at radius 2 is 1.75 bits per heavy atom. The first-order valence-corrected chi connectivity index (χ1v) is 13.2. The van der Waals surface area contributed by atoms with E-state index in [-0.39, 0.29) is 12.1 Å². The van der Waals surface area contributed by atoms with Gasteiger partial charge in [0.15, 0.2) is 0 Å². The monoisotopic (exact) mass is 478 g/mol. The molecule has 0 aliphatic carbocycles. The van der Waals surface area contributed by atoms with Gasteiger partial charge in [0.1, 0.15) is 0 Å². The number of nitrogens with zero attached hydrogens (tertiary/aromatic N) is 3. The number of urea groups is 1. The van der Waals surface area contributed by atoms with Crippen molar-refractivity contribution in [3.8, 4) is 0 Å². The molecule has 0 spiro atoms. The summed E-state index contributed by atoms with van der Waals surface area (Å²) in [6.45, 7) is 6.86. The fourth-order valence-electron chi connectivity index (χ4n) is 4.07. The molecular weight excluding hydrogens is 448 g/mol. The summed E-state index contributed by atoms with van der Waals surface area (Å²) in [5.74, 6) is 0. The van der Waals surface area contributed by atoms with Gasteiger partial charge in [-0.2, -0.15) is 4.31 Å². The van der Waals surface area contributed by atoms with Crippen LogP contribution in [0, 0.1) is 6.92 Å². The number of carbonyl (C=O) groups excluding carboxylic acids is 1. The Balaban J connectivity index is 1.32. The lowest BCUT2D eigenvalue weighted by molar-refractivity contribution is 0.0171. The number of carbonyl (C=O) groups is 1. The molecule has 1 aromatic heterocycles. The summed E-state index contributed by atoms with van der Waals surface area (Å²) < 4.78 is 32.7. The average Bonchev–Trinajstić information content (AvgIpc) is 3.35. The normalized spacial score (nSPS) is 19.6. The number of sulfonamides is 1. The Kier molecular flexibility index (Phi) is 7.47. The lowest BCUT2D eigenvalue weighted by Gasteiger charge is -2.36. The first-order chi connectivity index (χ1) is 15.4. The fraction of sp³-hybridized carbons (Fsp3) is 0.500. The van der Waals surface area contributed by atoms with E-state index in [1.54, 1.807) is 40.5 Å². The minimum absolute atomic E-state index is 0.117. The molecule has 174 valence electrons. The second-order valence-electron chi connectivity index (χ2n) is 8.07. The molecule has 1 N–H and O–H groups in total. The summed E-state index contributed by atoms with van der Waals surface area (Å²) >= 11 is 1.69. The van der Waals surface area contributed by atoms with Crippen molar-refractivity contribution in [2.24, 2.45) is 0 Å². The Bertz CT molecular complexity index is 981. The van der Waals surface area contributed by atoms with Crippen LogP contribution in [0.2, 0.25) is 0 Å². The fourth-order valence-corrected chi connectivity index (χ4v) is 6.35. The van der Waals surface area contributed by atoms with Crippen LogP contribution in [0.15, 0.2) is 46.7 Å². The zero-order valence-corrected chi connectivity index (χ0v) is 19.9. The Morgan fingerprint density at radius 1 is 1.06 bits per heavy atom. The van der Waals surface area contributed by atoms with E-state index in [4.69, 9.17) is 4.74 Å². The third-order valence-electron chi connectivity index (χ3n) is 5.99. The number of nitrogens with one attached hydrogen (secondary N) is 1. The molecule has 2 amide bonds. The minimum Gasteiger partial charge on any atom is -0.379 e. The topological polar surface area (TPSA) is 82.2 Å². The van der Waals surface area contributed by atoms with Crippen LogP contribution < -0.4 is 5.32 Å². The molecule has 2 aliphatic rings. The number of piperazine rings is 1. The third kappa shape index (κ3) is 5.32. The maximum absolute atomic E-state index is 12.9. The van der Waals surface area contributed by atoms with Crippen LogP contribution in [0.1, 0.15) is 16.5 Å². The highest BCUT2D eigenvalue weighted by Crippen LogP contribution is 2.25. The number of ether oxygens (including phenoxy) is 1. The largest absolute Gasteiger partial charge is 0.379 e. The summed E-state index contributed by atoms with van der Waals surface area (Å²) in [6, 6.07) is 11.0. The quantitative estimate of drug-likeness (QED) is 0.688. The van der Waals surface area contributed by atoms with Crippen LogP contribution in [0.3, 0.4) is 0 Å². The summed E-state index contributed by atoms with van der Waals surface area (Å²) in [7, 11) is -3.54. The summed E-state index contributed by atoms with van der Waals surface area (Å²) in [5.41, 5.74) is 1.02. The number of thiophene rings is 1. The molecular formula is C22H30N4O4S2. The second-order valence-corrected chi connectivity index (χ2v) is 11.0. The second kappa shape index (κ2) is 10.3. The number of benzene rings is 1. The van der Waals surface area contributed by atoms with E-state index in [0.29, 0.717) is 50.8 Å². The number of amides is 2. The molecule has 2 saturated heterocycles. The smallest absolute Gasteiger partial charge is 0.317 e. The number of rotatable bonds is 6. The zero-order valence-electron chi connectivity index (χ0n) is 18.3. The molecule has 0 bridgehead atoms. The Hall–Kier alpha value is -1.98. The molecule has 2 aromatic rings. The van der Waals surface area contributed by atoms with E-state index in [9.17, 15) is 13.2 Å². The predicted molar refractivity (Wildman–Crippen MR) is 124 cm³/mol. The molecule has 4 rings (SSSR count). The maximum Gasteiger partial charge on any atom is 0.317 e. The van der Waals surface area contributed by atoms with Gasteiger partial charge >= 0.3 is 6.03 Å². The predicted octanol–water partition coefficient (Wildman–Crippen LogP) is 2.15. The molecule has 1 atom stereocenters. The highest BCUT2D eigenvalue weighted by Gasteiger charge is 2.31. The van der Waals surface area contributed by atoms with Crippen molar-refractivity contribution in [1.82, 2.24) is 19.4 Å². The van der Waals surface area contributed by atoms with Crippen molar-refractivity contribution in [2.45, 2.75) is 17.9 Å². The van der Waals surface area contributed by atoms with Gasteiger partial charge in [-0.1, -0.05) is 23.8 Å². The highest BCUT2D eigenvalue weighted by atomic mass is 32.2. The van der Waals surface area contributed by atoms with Gasteiger partial charge in [0.05, 0.1) is 24.2 Å². The molecule has 0 unspecified atom stereocenters. The van der Waals surface area contributed by atoms with E-state index in [0.717, 1.165) is 18.7 Å². The van der Waals surface area contributed by atoms with Crippen molar-refractivity contribution in [3.63, 3.8) is 0 Å². The zero-order chi connectivity index (χ0) is 22.6. The molecule has 0 radical (unpaired) electrons. The molecule has 32 heavy (non-hydrogen) atoms. The van der Waals surface area contributed by atoms with Gasteiger partial charge in [0.2, 0.25) is 10.0 Å². The Labute approximate surface area is 193 Å². The number of hydrogen-bond donors (Lipinski definition) is 1. The van der Waals surface area contributed by atoms with E-state index in [1.807, 2.05) is 13.0 Å². The van der Waals surface area contributed by atoms with Crippen LogP contribution in [0.4, 0.5) is 4.79 Å². The van der Waals surface area contributed by atoms with E-state index in [1.165, 1.54) is 9.18 Å².